The molecule has 2 aliphatic heterocycles. The molecule has 0 saturated carbocycles. The highest BCUT2D eigenvalue weighted by atomic mass is 35.5. The van der Waals surface area contributed by atoms with Crippen LogP contribution < -0.4 is 5.32 Å². The predicted octanol–water partition coefficient (Wildman–Crippen LogP) is 6.19. The van der Waals surface area contributed by atoms with Crippen molar-refractivity contribution in [2.75, 3.05) is 25.9 Å². The Morgan fingerprint density at radius 1 is 1.09 bits per heavy atom. The molecular weight excluding hydrogens is 616 g/mol. The molecule has 43 heavy (non-hydrogen) atoms. The van der Waals surface area contributed by atoms with Crippen LogP contribution in [0.15, 0.2) is 72.3 Å². The van der Waals surface area contributed by atoms with E-state index in [0.717, 1.165) is 37.8 Å². The molecule has 5 rings (SSSR count). The minimum absolute atomic E-state index is 0.0857. The SMILES string of the molecule is CC(CCNC(=O)c1c(Cl)cncc1Cl)N1CCC(C2(c3cc(F)ccc3-c3ccc(S(C)(=O)=O)cc3)OC=CO2)CC1. The molecule has 0 bridgehead atoms. The fourth-order valence-corrected chi connectivity index (χ4v) is 6.94. The zero-order valence-electron chi connectivity index (χ0n) is 23.7. The molecule has 1 amide bonds. The molecule has 1 saturated heterocycles. The Morgan fingerprint density at radius 3 is 2.33 bits per heavy atom. The molecule has 3 aromatic rings. The number of rotatable bonds is 9. The predicted molar refractivity (Wildman–Crippen MR) is 163 cm³/mol. The van der Waals surface area contributed by atoms with Crippen molar-refractivity contribution in [2.24, 2.45) is 5.92 Å². The molecule has 1 aromatic heterocycles. The molecular formula is C31H32Cl2FN3O5S. The summed E-state index contributed by atoms with van der Waals surface area (Å²) in [4.78, 5) is 19.0. The van der Waals surface area contributed by atoms with Gasteiger partial charge in [-0.3, -0.25) is 9.78 Å². The summed E-state index contributed by atoms with van der Waals surface area (Å²) in [6.07, 6.45) is 9.07. The van der Waals surface area contributed by atoms with E-state index in [0.29, 0.717) is 24.1 Å². The number of pyridine rings is 1. The van der Waals surface area contributed by atoms with Gasteiger partial charge in [0, 0.05) is 42.7 Å². The van der Waals surface area contributed by atoms with E-state index in [1.54, 1.807) is 30.3 Å². The first-order chi connectivity index (χ1) is 20.5. The quantitative estimate of drug-likeness (QED) is 0.296. The van der Waals surface area contributed by atoms with E-state index in [1.807, 2.05) is 0 Å². The molecule has 1 fully saturated rings. The van der Waals surface area contributed by atoms with Crippen LogP contribution in [-0.4, -0.2) is 56.1 Å². The van der Waals surface area contributed by atoms with Gasteiger partial charge in [0.15, 0.2) is 9.84 Å². The first kappa shape index (κ1) is 31.3. The van der Waals surface area contributed by atoms with E-state index in [4.69, 9.17) is 32.7 Å². The van der Waals surface area contributed by atoms with Gasteiger partial charge in [-0.1, -0.05) is 41.4 Å². The van der Waals surface area contributed by atoms with Gasteiger partial charge in [-0.05, 0) is 74.7 Å². The van der Waals surface area contributed by atoms with E-state index in [1.165, 1.54) is 37.1 Å². The van der Waals surface area contributed by atoms with Crippen LogP contribution >= 0.6 is 23.2 Å². The number of benzene rings is 2. The first-order valence-electron chi connectivity index (χ1n) is 13.9. The monoisotopic (exact) mass is 647 g/mol. The van der Waals surface area contributed by atoms with Gasteiger partial charge in [0.05, 0.1) is 20.5 Å². The molecule has 1 unspecified atom stereocenters. The van der Waals surface area contributed by atoms with Crippen molar-refractivity contribution in [3.8, 4) is 11.1 Å². The Morgan fingerprint density at radius 2 is 1.72 bits per heavy atom. The van der Waals surface area contributed by atoms with Crippen LogP contribution in [0.2, 0.25) is 10.0 Å². The van der Waals surface area contributed by atoms with Crippen LogP contribution in [0.25, 0.3) is 11.1 Å². The van der Waals surface area contributed by atoms with Gasteiger partial charge >= 0.3 is 0 Å². The number of sulfone groups is 1. The van der Waals surface area contributed by atoms with Gasteiger partial charge in [0.2, 0.25) is 0 Å². The van der Waals surface area contributed by atoms with Crippen LogP contribution in [0, 0.1) is 11.7 Å². The smallest absolute Gasteiger partial charge is 0.280 e. The second-order valence-electron chi connectivity index (χ2n) is 10.8. The van der Waals surface area contributed by atoms with E-state index in [2.05, 4.69) is 22.1 Å². The number of nitrogens with zero attached hydrogens (tertiary/aromatic N) is 2. The van der Waals surface area contributed by atoms with Crippen molar-refractivity contribution in [3.63, 3.8) is 0 Å². The van der Waals surface area contributed by atoms with Gasteiger partial charge in [0.25, 0.3) is 11.7 Å². The fraction of sp³-hybridized carbons (Fsp3) is 0.355. The van der Waals surface area contributed by atoms with Gasteiger partial charge < -0.3 is 19.7 Å². The van der Waals surface area contributed by atoms with E-state index in [-0.39, 0.29) is 38.4 Å². The van der Waals surface area contributed by atoms with Crippen LogP contribution in [0.3, 0.4) is 0 Å². The summed E-state index contributed by atoms with van der Waals surface area (Å²) >= 11 is 12.2. The Balaban J connectivity index is 1.27. The number of aromatic nitrogens is 1. The summed E-state index contributed by atoms with van der Waals surface area (Å²) in [5.41, 5.74) is 2.19. The number of carbonyl (C=O) groups excluding carboxylic acids is 1. The highest BCUT2D eigenvalue weighted by Crippen LogP contribution is 2.47. The average Bonchev–Trinajstić information content (AvgIpc) is 3.48. The van der Waals surface area contributed by atoms with Gasteiger partial charge in [-0.15, -0.1) is 0 Å². The second-order valence-corrected chi connectivity index (χ2v) is 13.7. The summed E-state index contributed by atoms with van der Waals surface area (Å²) < 4.78 is 51.0. The minimum atomic E-state index is -3.36. The molecule has 12 heteroatoms. The lowest BCUT2D eigenvalue weighted by Crippen LogP contribution is -2.47. The first-order valence-corrected chi connectivity index (χ1v) is 16.6. The average molecular weight is 649 g/mol. The number of halogens is 3. The lowest BCUT2D eigenvalue weighted by atomic mass is 9.80. The lowest BCUT2D eigenvalue weighted by molar-refractivity contribution is -0.201. The third-order valence-electron chi connectivity index (χ3n) is 8.11. The zero-order chi connectivity index (χ0) is 30.8. The minimum Gasteiger partial charge on any atom is -0.452 e. The van der Waals surface area contributed by atoms with Gasteiger partial charge in [-0.25, -0.2) is 12.8 Å². The number of ether oxygens (including phenoxy) is 2. The molecule has 2 aromatic carbocycles. The zero-order valence-corrected chi connectivity index (χ0v) is 26.1. The van der Waals surface area contributed by atoms with E-state index >= 15 is 0 Å². The Hall–Kier alpha value is -3.18. The Bertz CT molecular complexity index is 1600. The molecule has 2 aliphatic rings. The number of hydrogen-bond acceptors (Lipinski definition) is 7. The van der Waals surface area contributed by atoms with Crippen LogP contribution in [-0.2, 0) is 25.1 Å². The molecule has 0 aliphatic carbocycles. The third kappa shape index (κ3) is 6.67. The topological polar surface area (TPSA) is 97.8 Å². The molecule has 1 atom stereocenters. The largest absolute Gasteiger partial charge is 0.452 e. The van der Waals surface area contributed by atoms with Crippen LogP contribution in [0.5, 0.6) is 0 Å². The van der Waals surface area contributed by atoms with E-state index in [9.17, 15) is 17.6 Å². The lowest BCUT2D eigenvalue weighted by Gasteiger charge is -2.43. The Labute approximate surface area is 260 Å². The number of nitrogens with one attached hydrogen (secondary N) is 1. The molecule has 1 N–H and O–H groups in total. The summed E-state index contributed by atoms with van der Waals surface area (Å²) in [5, 5.41) is 3.29. The van der Waals surface area contributed by atoms with Crippen LogP contribution in [0.4, 0.5) is 4.39 Å². The summed E-state index contributed by atoms with van der Waals surface area (Å²) in [6, 6.07) is 11.2. The standard InChI is InChI=1S/C31H32Cl2FN3O5S/c1-20(9-12-36-30(38)29-27(32)18-35-19-28(29)33)37-13-10-22(11-14-37)31(41-15-16-42-31)26-17-23(34)5-8-25(26)21-3-6-24(7-4-21)43(2,39)40/h3-8,15-20,22H,9-14H2,1-2H3,(H,36,38). The normalized spacial score (nSPS) is 17.7. The summed E-state index contributed by atoms with van der Waals surface area (Å²) in [5.74, 6) is -2.07. The summed E-state index contributed by atoms with van der Waals surface area (Å²) in [6.45, 7) is 4.07. The maximum Gasteiger partial charge on any atom is 0.280 e. The molecule has 0 radical (unpaired) electrons. The fourth-order valence-electron chi connectivity index (χ4n) is 5.78. The van der Waals surface area contributed by atoms with Crippen molar-refractivity contribution in [1.82, 2.24) is 15.2 Å². The number of hydrogen-bond donors (Lipinski definition) is 1. The molecule has 228 valence electrons. The van der Waals surface area contributed by atoms with Crippen molar-refractivity contribution in [1.29, 1.82) is 0 Å². The molecule has 3 heterocycles. The second kappa shape index (κ2) is 12.8. The van der Waals surface area contributed by atoms with Crippen molar-refractivity contribution in [3.05, 3.63) is 94.4 Å². The highest BCUT2D eigenvalue weighted by Gasteiger charge is 2.49. The van der Waals surface area contributed by atoms with Crippen molar-refractivity contribution >= 4 is 38.9 Å². The third-order valence-corrected chi connectivity index (χ3v) is 9.81. The van der Waals surface area contributed by atoms with Gasteiger partial charge in [0.1, 0.15) is 18.3 Å². The van der Waals surface area contributed by atoms with Gasteiger partial charge in [-0.2, -0.15) is 0 Å². The molecule has 0 spiro atoms. The van der Waals surface area contributed by atoms with E-state index < -0.39 is 21.4 Å². The van der Waals surface area contributed by atoms with Crippen molar-refractivity contribution in [2.45, 2.75) is 42.9 Å². The van der Waals surface area contributed by atoms with Crippen LogP contribution in [0.1, 0.15) is 42.1 Å². The maximum atomic E-state index is 14.7. The number of carbonyl (C=O) groups is 1. The number of likely N-dealkylation sites (tertiary alicyclic amines) is 1. The Kier molecular flexibility index (Phi) is 9.31. The number of amides is 1. The van der Waals surface area contributed by atoms with Crippen molar-refractivity contribution < 1.29 is 27.1 Å². The molecule has 8 nitrogen and oxygen atoms in total. The number of piperidine rings is 1. The summed E-state index contributed by atoms with van der Waals surface area (Å²) in [7, 11) is -3.36. The maximum absolute atomic E-state index is 14.7. The highest BCUT2D eigenvalue weighted by molar-refractivity contribution is 7.90.